The van der Waals surface area contributed by atoms with E-state index < -0.39 is 5.60 Å². The van der Waals surface area contributed by atoms with Gasteiger partial charge in [-0.1, -0.05) is 0 Å². The maximum absolute atomic E-state index is 11.2. The largest absolute Gasteiger partial charge is 0.388 e. The highest BCUT2D eigenvalue weighted by molar-refractivity contribution is 5.61. The molecule has 1 saturated heterocycles. The van der Waals surface area contributed by atoms with E-state index in [1.54, 1.807) is 18.5 Å². The fourth-order valence-electron chi connectivity index (χ4n) is 2.71. The number of aliphatic hydroxyl groups is 1. The number of anilines is 1. The molecule has 106 valence electrons. The summed E-state index contributed by atoms with van der Waals surface area (Å²) in [6.45, 7) is 7.01. The van der Waals surface area contributed by atoms with Crippen LogP contribution in [0.15, 0.2) is 0 Å². The quantitative estimate of drug-likeness (QED) is 0.663. The molecule has 1 aliphatic rings. The fraction of sp³-hybridized carbons (Fsp3) is 0.750. The van der Waals surface area contributed by atoms with Gasteiger partial charge in [-0.2, -0.15) is 5.10 Å². The summed E-state index contributed by atoms with van der Waals surface area (Å²) in [6, 6.07) is 0. The van der Waals surface area contributed by atoms with Gasteiger partial charge < -0.3 is 10.0 Å². The molecule has 1 aromatic rings. The van der Waals surface area contributed by atoms with Crippen molar-refractivity contribution in [1.82, 2.24) is 9.78 Å². The van der Waals surface area contributed by atoms with Crippen molar-refractivity contribution in [2.45, 2.75) is 45.8 Å². The lowest BCUT2D eigenvalue weighted by molar-refractivity contribution is -0.384. The number of nitrogens with zero attached hydrogens (tertiary/aromatic N) is 4. The predicted octanol–water partition coefficient (Wildman–Crippen LogP) is 1.47. The van der Waals surface area contributed by atoms with Crippen LogP contribution in [0, 0.1) is 17.0 Å². The van der Waals surface area contributed by atoms with Crippen LogP contribution in [0.3, 0.4) is 0 Å². The van der Waals surface area contributed by atoms with Crippen LogP contribution in [0.5, 0.6) is 0 Å². The van der Waals surface area contributed by atoms with Crippen molar-refractivity contribution >= 4 is 11.5 Å². The lowest BCUT2D eigenvalue weighted by Crippen LogP contribution is -2.47. The van der Waals surface area contributed by atoms with E-state index in [0.29, 0.717) is 31.1 Å². The molecule has 0 aromatic carbocycles. The minimum Gasteiger partial charge on any atom is -0.388 e. The number of hydrogen-bond donors (Lipinski definition) is 1. The molecule has 0 spiro atoms. The van der Waals surface area contributed by atoms with Crippen molar-refractivity contribution in [3.63, 3.8) is 0 Å². The number of rotatable bonds is 3. The molecule has 7 heteroatoms. The van der Waals surface area contributed by atoms with E-state index in [2.05, 4.69) is 5.10 Å². The summed E-state index contributed by atoms with van der Waals surface area (Å²) < 4.78 is 1.65. The Morgan fingerprint density at radius 2 is 2.26 bits per heavy atom. The molecule has 0 radical (unpaired) electrons. The lowest BCUT2D eigenvalue weighted by Gasteiger charge is -2.37. The standard InChI is InChI=1S/C12H20N4O3/c1-4-15-11(10(16(18)19)9(2)13-15)14-7-5-6-12(3,17)8-14/h17H,4-8H2,1-3H3. The first-order valence-corrected chi connectivity index (χ1v) is 6.55. The third-order valence-corrected chi connectivity index (χ3v) is 3.53. The van der Waals surface area contributed by atoms with Crippen molar-refractivity contribution in [2.24, 2.45) is 0 Å². The first-order chi connectivity index (χ1) is 8.85. The van der Waals surface area contributed by atoms with Crippen molar-refractivity contribution in [1.29, 1.82) is 0 Å². The summed E-state index contributed by atoms with van der Waals surface area (Å²) in [6.07, 6.45) is 1.54. The average molecular weight is 268 g/mol. The summed E-state index contributed by atoms with van der Waals surface area (Å²) in [7, 11) is 0. The van der Waals surface area contributed by atoms with Gasteiger partial charge in [-0.15, -0.1) is 0 Å². The third kappa shape index (κ3) is 2.56. The molecule has 19 heavy (non-hydrogen) atoms. The number of nitro groups is 1. The SMILES string of the molecule is CCn1nc(C)c([N+](=O)[O-])c1N1CCCC(C)(O)C1. The molecule has 1 aliphatic heterocycles. The second-order valence-corrected chi connectivity index (χ2v) is 5.35. The zero-order chi connectivity index (χ0) is 14.2. The molecule has 0 bridgehead atoms. The first kappa shape index (κ1) is 13.8. The molecule has 7 nitrogen and oxygen atoms in total. The van der Waals surface area contributed by atoms with Gasteiger partial charge in [0.1, 0.15) is 5.69 Å². The van der Waals surface area contributed by atoms with Gasteiger partial charge in [0.05, 0.1) is 10.5 Å². The molecule has 0 saturated carbocycles. The van der Waals surface area contributed by atoms with Crippen LogP contribution in [-0.4, -0.2) is 38.5 Å². The summed E-state index contributed by atoms with van der Waals surface area (Å²) in [5.74, 6) is 0.518. The van der Waals surface area contributed by atoms with Gasteiger partial charge >= 0.3 is 5.69 Å². The van der Waals surface area contributed by atoms with Crippen LogP contribution in [0.2, 0.25) is 0 Å². The van der Waals surface area contributed by atoms with Crippen LogP contribution in [-0.2, 0) is 6.54 Å². The summed E-state index contributed by atoms with van der Waals surface area (Å²) in [5, 5.41) is 25.6. The van der Waals surface area contributed by atoms with E-state index in [9.17, 15) is 15.2 Å². The van der Waals surface area contributed by atoms with E-state index in [4.69, 9.17) is 0 Å². The Bertz CT molecular complexity index is 495. The van der Waals surface area contributed by atoms with Gasteiger partial charge in [-0.25, -0.2) is 4.68 Å². The maximum Gasteiger partial charge on any atom is 0.333 e. The van der Waals surface area contributed by atoms with Gasteiger partial charge in [0.15, 0.2) is 0 Å². The number of hydrogen-bond acceptors (Lipinski definition) is 5. The van der Waals surface area contributed by atoms with Crippen LogP contribution in [0.1, 0.15) is 32.4 Å². The monoisotopic (exact) mass is 268 g/mol. The number of β-amino-alcohol motifs (C(OH)–C–C–N with tert-alkyl or cyclic N) is 1. The maximum atomic E-state index is 11.2. The topological polar surface area (TPSA) is 84.4 Å². The molecule has 1 aromatic heterocycles. The molecule has 1 fully saturated rings. The smallest absolute Gasteiger partial charge is 0.333 e. The number of aryl methyl sites for hydroxylation is 2. The van der Waals surface area contributed by atoms with E-state index in [1.807, 2.05) is 11.8 Å². The van der Waals surface area contributed by atoms with Gasteiger partial charge in [0, 0.05) is 19.6 Å². The molecule has 0 aliphatic carbocycles. The van der Waals surface area contributed by atoms with Crippen LogP contribution in [0.4, 0.5) is 11.5 Å². The van der Waals surface area contributed by atoms with E-state index >= 15 is 0 Å². The summed E-state index contributed by atoms with van der Waals surface area (Å²) >= 11 is 0. The zero-order valence-corrected chi connectivity index (χ0v) is 11.6. The third-order valence-electron chi connectivity index (χ3n) is 3.53. The van der Waals surface area contributed by atoms with Crippen LogP contribution in [0.25, 0.3) is 0 Å². The second-order valence-electron chi connectivity index (χ2n) is 5.35. The molecule has 1 unspecified atom stereocenters. The molecule has 1 N–H and O–H groups in total. The fourth-order valence-corrected chi connectivity index (χ4v) is 2.71. The minimum absolute atomic E-state index is 0.0551. The normalized spacial score (nSPS) is 23.7. The zero-order valence-electron chi connectivity index (χ0n) is 11.6. The molecule has 1 atom stereocenters. The first-order valence-electron chi connectivity index (χ1n) is 6.55. The molecule has 2 heterocycles. The van der Waals surface area contributed by atoms with Gasteiger partial charge in [-0.3, -0.25) is 10.1 Å². The predicted molar refractivity (Wildman–Crippen MR) is 71.4 cm³/mol. The Labute approximate surface area is 112 Å². The Morgan fingerprint density at radius 3 is 2.79 bits per heavy atom. The van der Waals surface area contributed by atoms with E-state index in [0.717, 1.165) is 12.8 Å². The highest BCUT2D eigenvalue weighted by Gasteiger charge is 2.35. The molecular formula is C12H20N4O3. The Morgan fingerprint density at radius 1 is 1.58 bits per heavy atom. The average Bonchev–Trinajstić information content (AvgIpc) is 2.64. The molecule has 2 rings (SSSR count). The van der Waals surface area contributed by atoms with Gasteiger partial charge in [-0.05, 0) is 33.6 Å². The van der Waals surface area contributed by atoms with Gasteiger partial charge in [0.25, 0.3) is 0 Å². The summed E-state index contributed by atoms with van der Waals surface area (Å²) in [5.41, 5.74) is -0.324. The summed E-state index contributed by atoms with van der Waals surface area (Å²) in [4.78, 5) is 12.7. The van der Waals surface area contributed by atoms with Crippen LogP contribution < -0.4 is 4.90 Å². The van der Waals surface area contributed by atoms with E-state index in [-0.39, 0.29) is 10.6 Å². The Kier molecular flexibility index (Phi) is 3.49. The number of aromatic nitrogens is 2. The highest BCUT2D eigenvalue weighted by Crippen LogP contribution is 2.35. The lowest BCUT2D eigenvalue weighted by atomic mass is 9.95. The minimum atomic E-state index is -0.803. The Balaban J connectivity index is 2.45. The Hall–Kier alpha value is -1.63. The van der Waals surface area contributed by atoms with Crippen molar-refractivity contribution in [3.05, 3.63) is 15.8 Å². The molecule has 0 amide bonds. The van der Waals surface area contributed by atoms with Crippen LogP contribution >= 0.6 is 0 Å². The van der Waals surface area contributed by atoms with Crippen molar-refractivity contribution in [3.8, 4) is 0 Å². The molecular weight excluding hydrogens is 248 g/mol. The van der Waals surface area contributed by atoms with Crippen molar-refractivity contribution < 1.29 is 10.0 Å². The van der Waals surface area contributed by atoms with Gasteiger partial charge in [0.2, 0.25) is 5.82 Å². The van der Waals surface area contributed by atoms with Crippen molar-refractivity contribution in [2.75, 3.05) is 18.0 Å². The number of piperidine rings is 1. The second kappa shape index (κ2) is 4.80. The highest BCUT2D eigenvalue weighted by atomic mass is 16.6. The van der Waals surface area contributed by atoms with E-state index in [1.165, 1.54) is 0 Å².